The second kappa shape index (κ2) is 4.53. The number of benzene rings is 1. The summed E-state index contributed by atoms with van der Waals surface area (Å²) >= 11 is 1.67. The van der Waals surface area contributed by atoms with Crippen molar-refractivity contribution >= 4 is 22.7 Å². The molecule has 0 aliphatic heterocycles. The fourth-order valence-electron chi connectivity index (χ4n) is 1.48. The standard InChI is InChI=1S/C12H13FN2S/c1-8-6-16-7-9(8)5-15-12-3-10(13)2-11(14)4-12/h2-4,6-7,15H,5,14H2,1H3. The molecule has 0 aliphatic carbocycles. The lowest BCUT2D eigenvalue weighted by atomic mass is 10.2. The van der Waals surface area contributed by atoms with Crippen LogP contribution in [0.3, 0.4) is 0 Å². The summed E-state index contributed by atoms with van der Waals surface area (Å²) in [5.41, 5.74) is 9.19. The van der Waals surface area contributed by atoms with Gasteiger partial charge in [-0.3, -0.25) is 0 Å². The third kappa shape index (κ3) is 2.52. The van der Waals surface area contributed by atoms with Crippen LogP contribution in [0.5, 0.6) is 0 Å². The van der Waals surface area contributed by atoms with Crippen LogP contribution >= 0.6 is 11.3 Å². The van der Waals surface area contributed by atoms with Gasteiger partial charge in [0.05, 0.1) is 0 Å². The lowest BCUT2D eigenvalue weighted by Crippen LogP contribution is -2.00. The van der Waals surface area contributed by atoms with Gasteiger partial charge in [-0.25, -0.2) is 4.39 Å². The summed E-state index contributed by atoms with van der Waals surface area (Å²) in [7, 11) is 0. The predicted molar refractivity (Wildman–Crippen MR) is 67.2 cm³/mol. The van der Waals surface area contributed by atoms with Crippen molar-refractivity contribution in [1.29, 1.82) is 0 Å². The Labute approximate surface area is 97.9 Å². The quantitative estimate of drug-likeness (QED) is 0.802. The second-order valence-corrected chi connectivity index (χ2v) is 4.45. The zero-order valence-corrected chi connectivity index (χ0v) is 9.77. The molecule has 0 atom stereocenters. The Balaban J connectivity index is 2.07. The number of anilines is 2. The Hall–Kier alpha value is -1.55. The summed E-state index contributed by atoms with van der Waals surface area (Å²) in [5, 5.41) is 7.34. The molecule has 3 N–H and O–H groups in total. The average Bonchev–Trinajstić information content (AvgIpc) is 2.59. The Bertz CT molecular complexity index is 473. The van der Waals surface area contributed by atoms with Crippen LogP contribution in [-0.4, -0.2) is 0 Å². The minimum Gasteiger partial charge on any atom is -0.399 e. The van der Waals surface area contributed by atoms with Crippen LogP contribution in [0, 0.1) is 12.7 Å². The van der Waals surface area contributed by atoms with Gasteiger partial charge in [0.2, 0.25) is 0 Å². The van der Waals surface area contributed by atoms with E-state index in [1.807, 2.05) is 0 Å². The van der Waals surface area contributed by atoms with Crippen molar-refractivity contribution in [3.8, 4) is 0 Å². The molecule has 0 bridgehead atoms. The first-order valence-electron chi connectivity index (χ1n) is 4.97. The largest absolute Gasteiger partial charge is 0.399 e. The highest BCUT2D eigenvalue weighted by molar-refractivity contribution is 7.08. The molecule has 0 radical (unpaired) electrons. The van der Waals surface area contributed by atoms with Crippen molar-refractivity contribution in [2.45, 2.75) is 13.5 Å². The molecule has 0 amide bonds. The zero-order chi connectivity index (χ0) is 11.5. The molecule has 84 valence electrons. The maximum Gasteiger partial charge on any atom is 0.127 e. The molecule has 4 heteroatoms. The molecule has 0 aliphatic rings. The highest BCUT2D eigenvalue weighted by atomic mass is 32.1. The molecule has 0 fully saturated rings. The van der Waals surface area contributed by atoms with Crippen molar-refractivity contribution in [3.05, 3.63) is 45.9 Å². The van der Waals surface area contributed by atoms with E-state index in [1.165, 1.54) is 23.3 Å². The summed E-state index contributed by atoms with van der Waals surface area (Å²) in [6.45, 7) is 2.76. The number of nitrogen functional groups attached to an aromatic ring is 1. The number of hydrogen-bond acceptors (Lipinski definition) is 3. The smallest absolute Gasteiger partial charge is 0.127 e. The number of nitrogens with two attached hydrogens (primary N) is 1. The fraction of sp³-hybridized carbons (Fsp3) is 0.167. The SMILES string of the molecule is Cc1cscc1CNc1cc(N)cc(F)c1. The topological polar surface area (TPSA) is 38.0 Å². The van der Waals surface area contributed by atoms with Crippen LogP contribution in [0.15, 0.2) is 29.0 Å². The van der Waals surface area contributed by atoms with Gasteiger partial charge in [-0.1, -0.05) is 0 Å². The first-order valence-corrected chi connectivity index (χ1v) is 5.91. The molecule has 0 saturated heterocycles. The fourth-order valence-corrected chi connectivity index (χ4v) is 2.34. The van der Waals surface area contributed by atoms with E-state index in [0.717, 1.165) is 0 Å². The number of rotatable bonds is 3. The van der Waals surface area contributed by atoms with Crippen LogP contribution < -0.4 is 11.1 Å². The summed E-state index contributed by atoms with van der Waals surface area (Å²) in [6.07, 6.45) is 0. The summed E-state index contributed by atoms with van der Waals surface area (Å²) < 4.78 is 13.1. The minimum absolute atomic E-state index is 0.315. The van der Waals surface area contributed by atoms with Gasteiger partial charge in [0.25, 0.3) is 0 Å². The second-order valence-electron chi connectivity index (χ2n) is 3.71. The number of nitrogens with one attached hydrogen (secondary N) is 1. The maximum absolute atomic E-state index is 13.1. The van der Waals surface area contributed by atoms with Crippen LogP contribution in [-0.2, 0) is 6.54 Å². The Morgan fingerprint density at radius 2 is 2.12 bits per heavy atom. The highest BCUT2D eigenvalue weighted by Gasteiger charge is 2.01. The number of thiophene rings is 1. The third-order valence-corrected chi connectivity index (χ3v) is 3.27. The van der Waals surface area contributed by atoms with Crippen LogP contribution in [0.25, 0.3) is 0 Å². The Morgan fingerprint density at radius 3 is 2.75 bits per heavy atom. The van der Waals surface area contributed by atoms with E-state index < -0.39 is 0 Å². The molecular formula is C12H13FN2S. The molecule has 0 spiro atoms. The number of aryl methyl sites for hydroxylation is 1. The summed E-state index contributed by atoms with van der Waals surface area (Å²) in [4.78, 5) is 0. The predicted octanol–water partition coefficient (Wildman–Crippen LogP) is 3.39. The lowest BCUT2D eigenvalue weighted by Gasteiger charge is -2.07. The van der Waals surface area contributed by atoms with E-state index >= 15 is 0 Å². The molecule has 0 saturated carbocycles. The van der Waals surface area contributed by atoms with Gasteiger partial charge in [-0.05, 0) is 47.0 Å². The Morgan fingerprint density at radius 1 is 1.31 bits per heavy atom. The van der Waals surface area contributed by atoms with E-state index in [0.29, 0.717) is 17.9 Å². The monoisotopic (exact) mass is 236 g/mol. The zero-order valence-electron chi connectivity index (χ0n) is 8.96. The van der Waals surface area contributed by atoms with E-state index in [9.17, 15) is 4.39 Å². The molecule has 0 unspecified atom stereocenters. The molecule has 2 aromatic rings. The van der Waals surface area contributed by atoms with E-state index in [4.69, 9.17) is 5.73 Å². The van der Waals surface area contributed by atoms with Crippen molar-refractivity contribution in [2.24, 2.45) is 0 Å². The molecule has 1 aromatic heterocycles. The molecular weight excluding hydrogens is 223 g/mol. The van der Waals surface area contributed by atoms with Crippen LogP contribution in [0.4, 0.5) is 15.8 Å². The molecule has 1 heterocycles. The first-order chi connectivity index (χ1) is 7.65. The maximum atomic E-state index is 13.1. The van der Waals surface area contributed by atoms with E-state index in [1.54, 1.807) is 17.4 Å². The molecule has 1 aromatic carbocycles. The molecule has 2 rings (SSSR count). The van der Waals surface area contributed by atoms with Crippen molar-refractivity contribution in [2.75, 3.05) is 11.1 Å². The number of halogens is 1. The first kappa shape index (κ1) is 11.0. The minimum atomic E-state index is -0.315. The van der Waals surface area contributed by atoms with Gasteiger partial charge in [-0.2, -0.15) is 11.3 Å². The van der Waals surface area contributed by atoms with Crippen LogP contribution in [0.2, 0.25) is 0 Å². The third-order valence-electron chi connectivity index (χ3n) is 2.36. The van der Waals surface area contributed by atoms with E-state index in [2.05, 4.69) is 23.0 Å². The lowest BCUT2D eigenvalue weighted by molar-refractivity contribution is 0.629. The Kier molecular flexibility index (Phi) is 3.10. The van der Waals surface area contributed by atoms with Crippen molar-refractivity contribution < 1.29 is 4.39 Å². The highest BCUT2D eigenvalue weighted by Crippen LogP contribution is 2.18. The number of hydrogen-bond donors (Lipinski definition) is 2. The summed E-state index contributed by atoms with van der Waals surface area (Å²) in [5.74, 6) is -0.315. The van der Waals surface area contributed by atoms with Crippen molar-refractivity contribution in [1.82, 2.24) is 0 Å². The van der Waals surface area contributed by atoms with Crippen LogP contribution in [0.1, 0.15) is 11.1 Å². The summed E-state index contributed by atoms with van der Waals surface area (Å²) in [6, 6.07) is 4.48. The van der Waals surface area contributed by atoms with Crippen molar-refractivity contribution in [3.63, 3.8) is 0 Å². The van der Waals surface area contributed by atoms with Gasteiger partial charge in [0.15, 0.2) is 0 Å². The van der Waals surface area contributed by atoms with Gasteiger partial charge in [0, 0.05) is 17.9 Å². The molecule has 2 nitrogen and oxygen atoms in total. The van der Waals surface area contributed by atoms with Gasteiger partial charge in [-0.15, -0.1) is 0 Å². The van der Waals surface area contributed by atoms with Gasteiger partial charge < -0.3 is 11.1 Å². The normalized spacial score (nSPS) is 10.4. The van der Waals surface area contributed by atoms with Gasteiger partial charge >= 0.3 is 0 Å². The van der Waals surface area contributed by atoms with Gasteiger partial charge in [0.1, 0.15) is 5.82 Å². The van der Waals surface area contributed by atoms with E-state index in [-0.39, 0.29) is 5.82 Å². The average molecular weight is 236 g/mol. The molecule has 16 heavy (non-hydrogen) atoms.